The molecular weight excluding hydrogens is 470 g/mol. The van der Waals surface area contributed by atoms with E-state index in [0.29, 0.717) is 18.8 Å². The first-order valence-electron chi connectivity index (χ1n) is 12.5. The lowest BCUT2D eigenvalue weighted by Gasteiger charge is -2.38. The largest absolute Gasteiger partial charge is 0.465 e. The summed E-state index contributed by atoms with van der Waals surface area (Å²) in [4.78, 5) is 32.1. The number of carbonyl (C=O) groups is 2. The molecule has 3 heterocycles. The molecule has 0 aliphatic carbocycles. The molecule has 0 radical (unpaired) electrons. The molecule has 0 spiro atoms. The van der Waals surface area contributed by atoms with Crippen LogP contribution >= 0.6 is 0 Å². The van der Waals surface area contributed by atoms with Gasteiger partial charge in [0, 0.05) is 38.4 Å². The van der Waals surface area contributed by atoms with E-state index in [1.54, 1.807) is 24.1 Å². The molecule has 2 N–H and O–H groups in total. The van der Waals surface area contributed by atoms with Crippen LogP contribution < -0.4 is 10.2 Å². The van der Waals surface area contributed by atoms with E-state index in [1.807, 2.05) is 52.1 Å². The minimum absolute atomic E-state index is 0.0583. The predicted molar refractivity (Wildman–Crippen MR) is 142 cm³/mol. The molecule has 1 atom stereocenters. The van der Waals surface area contributed by atoms with Crippen molar-refractivity contribution >= 4 is 17.7 Å². The van der Waals surface area contributed by atoms with Crippen LogP contribution in [0.4, 0.5) is 10.5 Å². The van der Waals surface area contributed by atoms with E-state index in [0.717, 1.165) is 47.3 Å². The Labute approximate surface area is 217 Å². The maximum Gasteiger partial charge on any atom is 0.407 e. The van der Waals surface area contributed by atoms with Gasteiger partial charge in [0.25, 0.3) is 5.91 Å². The molecule has 0 bridgehead atoms. The summed E-state index contributed by atoms with van der Waals surface area (Å²) in [6.07, 6.45) is 6.15. The van der Waals surface area contributed by atoms with Crippen LogP contribution in [0.3, 0.4) is 0 Å². The Morgan fingerprint density at radius 3 is 2.70 bits per heavy atom. The molecule has 2 amide bonds. The van der Waals surface area contributed by atoms with Gasteiger partial charge < -0.3 is 20.2 Å². The van der Waals surface area contributed by atoms with E-state index in [-0.39, 0.29) is 17.5 Å². The molecule has 0 unspecified atom stereocenters. The minimum Gasteiger partial charge on any atom is -0.465 e. The highest BCUT2D eigenvalue weighted by molar-refractivity contribution is 5.91. The number of amides is 2. The molecule has 1 aromatic carbocycles. The predicted octanol–water partition coefficient (Wildman–Crippen LogP) is 3.91. The Kier molecular flexibility index (Phi) is 7.47. The Bertz CT molecular complexity index is 1280. The van der Waals surface area contributed by atoms with Gasteiger partial charge in [-0.2, -0.15) is 0 Å². The highest BCUT2D eigenvalue weighted by atomic mass is 16.4. The van der Waals surface area contributed by atoms with Gasteiger partial charge in [0.15, 0.2) is 5.69 Å². The number of nitrogens with one attached hydrogen (secondary N) is 1. The van der Waals surface area contributed by atoms with Crippen LogP contribution in [0.2, 0.25) is 0 Å². The van der Waals surface area contributed by atoms with Gasteiger partial charge in [-0.15, -0.1) is 5.10 Å². The van der Waals surface area contributed by atoms with Crippen molar-refractivity contribution in [2.24, 2.45) is 0 Å². The number of hydrogen-bond donors (Lipinski definition) is 2. The molecule has 0 saturated carbocycles. The van der Waals surface area contributed by atoms with Crippen LogP contribution in [0.25, 0.3) is 11.1 Å². The topological polar surface area (TPSA) is 116 Å². The number of likely N-dealkylation sites (N-methyl/N-ethyl adjacent to an activating group) is 1. The van der Waals surface area contributed by atoms with E-state index in [2.05, 4.69) is 31.6 Å². The number of pyridine rings is 1. The zero-order valence-electron chi connectivity index (χ0n) is 22.1. The van der Waals surface area contributed by atoms with Crippen LogP contribution in [0.5, 0.6) is 0 Å². The third-order valence-corrected chi connectivity index (χ3v) is 6.89. The summed E-state index contributed by atoms with van der Waals surface area (Å²) in [7, 11) is 1.63. The first kappa shape index (κ1) is 26.1. The van der Waals surface area contributed by atoms with Crippen molar-refractivity contribution in [2.75, 3.05) is 25.0 Å². The number of aromatic nitrogens is 4. The Morgan fingerprint density at radius 2 is 2.03 bits per heavy atom. The van der Waals surface area contributed by atoms with E-state index in [4.69, 9.17) is 0 Å². The van der Waals surface area contributed by atoms with E-state index < -0.39 is 6.09 Å². The molecule has 10 nitrogen and oxygen atoms in total. The maximum absolute atomic E-state index is 12.6. The number of nitrogens with zero attached hydrogens (tertiary/aromatic N) is 6. The summed E-state index contributed by atoms with van der Waals surface area (Å²) < 4.78 is 1.68. The van der Waals surface area contributed by atoms with Gasteiger partial charge >= 0.3 is 6.09 Å². The normalized spacial score (nSPS) is 15.9. The van der Waals surface area contributed by atoms with Gasteiger partial charge in [-0.1, -0.05) is 23.4 Å². The number of aryl methyl sites for hydroxylation is 1. The Balaban J connectivity index is 1.48. The molecule has 1 aliphatic rings. The number of benzene rings is 1. The number of hydrogen-bond acceptors (Lipinski definition) is 6. The summed E-state index contributed by atoms with van der Waals surface area (Å²) in [5.74, 6) is -0.263. The lowest BCUT2D eigenvalue weighted by Crippen LogP contribution is -2.48. The van der Waals surface area contributed by atoms with Gasteiger partial charge in [0.2, 0.25) is 0 Å². The molecule has 196 valence electrons. The van der Waals surface area contributed by atoms with Crippen LogP contribution in [-0.2, 0) is 12.1 Å². The monoisotopic (exact) mass is 505 g/mol. The Hall–Kier alpha value is -3.95. The zero-order chi connectivity index (χ0) is 26.7. The SMILES string of the molecule is Cc1cc(-c2ccncc2N2CCC[C@@H](N(C)C(=O)O)C2)ccc1CNC(=O)c1cn(C(C)(C)C)nn1. The first-order valence-corrected chi connectivity index (χ1v) is 12.5. The molecule has 4 rings (SSSR count). The summed E-state index contributed by atoms with van der Waals surface area (Å²) in [5, 5.41) is 20.4. The van der Waals surface area contributed by atoms with Crippen molar-refractivity contribution in [1.29, 1.82) is 0 Å². The lowest BCUT2D eigenvalue weighted by atomic mass is 9.97. The molecule has 3 aromatic rings. The lowest BCUT2D eigenvalue weighted by molar-refractivity contribution is 0.0945. The third kappa shape index (κ3) is 5.90. The van der Waals surface area contributed by atoms with Crippen LogP contribution in [-0.4, -0.2) is 68.2 Å². The average molecular weight is 506 g/mol. The molecule has 37 heavy (non-hydrogen) atoms. The standard InChI is InChI=1S/C27H35N7O3/c1-18-13-19(8-9-20(18)14-29-25(35)23-17-34(31-30-23)27(2,3)4)22-10-11-28-15-24(22)33-12-6-7-21(16-33)32(5)26(36)37/h8-11,13,15,17,21H,6-7,12,14,16H2,1-5H3,(H,29,35)(H,36,37)/t21-/m1/s1. The smallest absolute Gasteiger partial charge is 0.407 e. The summed E-state index contributed by atoms with van der Waals surface area (Å²) in [6.45, 7) is 9.89. The van der Waals surface area contributed by atoms with Crippen molar-refractivity contribution < 1.29 is 14.7 Å². The number of rotatable bonds is 6. The van der Waals surface area contributed by atoms with Crippen molar-refractivity contribution in [3.63, 3.8) is 0 Å². The third-order valence-electron chi connectivity index (χ3n) is 6.89. The van der Waals surface area contributed by atoms with E-state index >= 15 is 0 Å². The molecule has 2 aromatic heterocycles. The summed E-state index contributed by atoms with van der Waals surface area (Å²) in [6, 6.07) is 8.12. The number of anilines is 1. The van der Waals surface area contributed by atoms with Gasteiger partial charge in [0.05, 0.1) is 29.7 Å². The maximum atomic E-state index is 12.6. The number of piperidine rings is 1. The molecule has 1 aliphatic heterocycles. The second-order valence-electron chi connectivity index (χ2n) is 10.6. The fraction of sp³-hybridized carbons (Fsp3) is 0.444. The van der Waals surface area contributed by atoms with Gasteiger partial charge in [0.1, 0.15) is 0 Å². The van der Waals surface area contributed by atoms with Gasteiger partial charge in [-0.05, 0) is 63.3 Å². The fourth-order valence-corrected chi connectivity index (χ4v) is 4.55. The van der Waals surface area contributed by atoms with Crippen LogP contribution in [0.1, 0.15) is 55.2 Å². The second kappa shape index (κ2) is 10.6. The average Bonchev–Trinajstić information content (AvgIpc) is 3.39. The van der Waals surface area contributed by atoms with Crippen LogP contribution in [0.15, 0.2) is 42.9 Å². The highest BCUT2D eigenvalue weighted by Gasteiger charge is 2.27. The summed E-state index contributed by atoms with van der Waals surface area (Å²) >= 11 is 0. The molecule has 1 saturated heterocycles. The molecule has 10 heteroatoms. The van der Waals surface area contributed by atoms with Crippen LogP contribution in [0, 0.1) is 6.92 Å². The van der Waals surface area contributed by atoms with E-state index in [9.17, 15) is 14.7 Å². The number of carbonyl (C=O) groups excluding carboxylic acids is 1. The van der Waals surface area contributed by atoms with Crippen molar-refractivity contribution in [2.45, 2.75) is 58.7 Å². The first-order chi connectivity index (χ1) is 17.5. The van der Waals surface area contributed by atoms with Crippen molar-refractivity contribution in [3.8, 4) is 11.1 Å². The van der Waals surface area contributed by atoms with E-state index in [1.165, 1.54) is 4.90 Å². The van der Waals surface area contributed by atoms with Crippen molar-refractivity contribution in [1.82, 2.24) is 30.2 Å². The second-order valence-corrected chi connectivity index (χ2v) is 10.6. The van der Waals surface area contributed by atoms with Gasteiger partial charge in [-0.3, -0.25) is 9.78 Å². The fourth-order valence-electron chi connectivity index (χ4n) is 4.55. The highest BCUT2D eigenvalue weighted by Crippen LogP contribution is 2.33. The Morgan fingerprint density at radius 1 is 1.24 bits per heavy atom. The van der Waals surface area contributed by atoms with Crippen molar-refractivity contribution in [3.05, 3.63) is 59.7 Å². The minimum atomic E-state index is -0.907. The molecule has 1 fully saturated rings. The molecular formula is C27H35N7O3. The zero-order valence-corrected chi connectivity index (χ0v) is 22.1. The number of carboxylic acid groups (broad SMARTS) is 1. The summed E-state index contributed by atoms with van der Waals surface area (Å²) in [5.41, 5.74) is 5.20. The quantitative estimate of drug-likeness (QED) is 0.522. The van der Waals surface area contributed by atoms with Gasteiger partial charge in [-0.25, -0.2) is 9.48 Å².